The summed E-state index contributed by atoms with van der Waals surface area (Å²) in [6, 6.07) is 0.735. The molecule has 0 saturated heterocycles. The van der Waals surface area contributed by atoms with Crippen molar-refractivity contribution >= 4 is 5.91 Å². The Morgan fingerprint density at radius 2 is 2.22 bits per heavy atom. The van der Waals surface area contributed by atoms with Gasteiger partial charge in [0.1, 0.15) is 5.54 Å². The van der Waals surface area contributed by atoms with E-state index in [9.17, 15) is 4.79 Å². The lowest BCUT2D eigenvalue weighted by molar-refractivity contribution is -0.125. The normalized spacial score (nSPS) is 20.7. The van der Waals surface area contributed by atoms with E-state index in [0.29, 0.717) is 19.2 Å². The number of likely N-dealkylation sites (N-methyl/N-ethyl adjacent to an activating group) is 1. The average Bonchev–Trinajstić information content (AvgIpc) is 3.09. The average molecular weight is 257 g/mol. The number of nitrogens with zero attached hydrogens (tertiary/aromatic N) is 1. The van der Waals surface area contributed by atoms with Crippen molar-refractivity contribution in [1.82, 2.24) is 10.2 Å². The number of methoxy groups -OCH3 is 1. The Kier molecular flexibility index (Phi) is 5.56. The van der Waals surface area contributed by atoms with Gasteiger partial charge in [0.15, 0.2) is 0 Å². The minimum Gasteiger partial charge on any atom is -0.383 e. The zero-order valence-corrected chi connectivity index (χ0v) is 12.0. The van der Waals surface area contributed by atoms with Gasteiger partial charge in [-0.2, -0.15) is 0 Å². The van der Waals surface area contributed by atoms with Crippen LogP contribution in [0.1, 0.15) is 33.6 Å². The van der Waals surface area contributed by atoms with Gasteiger partial charge in [0.25, 0.3) is 0 Å². The molecule has 0 aromatic carbocycles. The molecule has 1 aliphatic carbocycles. The number of carbonyl (C=O) groups excluding carboxylic acids is 1. The minimum absolute atomic E-state index is 0.277. The van der Waals surface area contributed by atoms with Crippen molar-refractivity contribution in [3.63, 3.8) is 0 Å². The van der Waals surface area contributed by atoms with E-state index in [1.54, 1.807) is 7.11 Å². The number of carbonyl (C=O) groups is 1. The topological polar surface area (TPSA) is 67.6 Å². The van der Waals surface area contributed by atoms with Crippen LogP contribution in [0.25, 0.3) is 0 Å². The standard InChI is InChI=1S/C13H27N3O2/c1-5-16(10(2)8-18-4)9-13(3,12(14)17)15-11-6-7-11/h10-11,15H,5-9H2,1-4H3,(H2,14,17). The third kappa shape index (κ3) is 4.23. The molecule has 2 atom stereocenters. The van der Waals surface area contributed by atoms with Crippen molar-refractivity contribution in [2.45, 2.75) is 51.2 Å². The first kappa shape index (κ1) is 15.4. The lowest BCUT2D eigenvalue weighted by Crippen LogP contribution is -2.61. The largest absolute Gasteiger partial charge is 0.383 e. The monoisotopic (exact) mass is 257 g/mol. The fourth-order valence-corrected chi connectivity index (χ4v) is 2.20. The summed E-state index contributed by atoms with van der Waals surface area (Å²) in [6.45, 7) is 8.25. The van der Waals surface area contributed by atoms with Crippen molar-refractivity contribution in [2.75, 3.05) is 26.8 Å². The summed E-state index contributed by atoms with van der Waals surface area (Å²) >= 11 is 0. The first-order chi connectivity index (χ1) is 8.42. The van der Waals surface area contributed by atoms with Crippen LogP contribution in [-0.4, -0.2) is 55.2 Å². The van der Waals surface area contributed by atoms with E-state index < -0.39 is 5.54 Å². The van der Waals surface area contributed by atoms with Crippen molar-refractivity contribution in [3.8, 4) is 0 Å². The van der Waals surface area contributed by atoms with Crippen molar-refractivity contribution < 1.29 is 9.53 Å². The third-order valence-electron chi connectivity index (χ3n) is 3.60. The van der Waals surface area contributed by atoms with E-state index in [1.165, 1.54) is 0 Å². The second-order valence-electron chi connectivity index (χ2n) is 5.48. The Bertz CT molecular complexity index is 281. The van der Waals surface area contributed by atoms with E-state index in [-0.39, 0.29) is 11.9 Å². The van der Waals surface area contributed by atoms with Crippen molar-refractivity contribution in [3.05, 3.63) is 0 Å². The van der Waals surface area contributed by atoms with Gasteiger partial charge in [0.2, 0.25) is 5.91 Å². The maximum absolute atomic E-state index is 11.7. The summed E-state index contributed by atoms with van der Waals surface area (Å²) in [7, 11) is 1.69. The van der Waals surface area contributed by atoms with E-state index in [1.807, 2.05) is 6.92 Å². The van der Waals surface area contributed by atoms with Gasteiger partial charge < -0.3 is 10.5 Å². The van der Waals surface area contributed by atoms with Gasteiger partial charge >= 0.3 is 0 Å². The molecule has 0 radical (unpaired) electrons. The molecule has 5 nitrogen and oxygen atoms in total. The number of primary amides is 1. The van der Waals surface area contributed by atoms with Gasteiger partial charge in [-0.15, -0.1) is 0 Å². The highest BCUT2D eigenvalue weighted by Gasteiger charge is 2.38. The van der Waals surface area contributed by atoms with Crippen LogP contribution in [-0.2, 0) is 9.53 Å². The molecule has 2 unspecified atom stereocenters. The molecule has 1 amide bonds. The molecule has 3 N–H and O–H groups in total. The molecule has 0 spiro atoms. The first-order valence-corrected chi connectivity index (χ1v) is 6.73. The lowest BCUT2D eigenvalue weighted by Gasteiger charge is -2.36. The van der Waals surface area contributed by atoms with Crippen LogP contribution in [0.2, 0.25) is 0 Å². The number of ether oxygens (including phenoxy) is 1. The quantitative estimate of drug-likeness (QED) is 0.625. The van der Waals surface area contributed by atoms with Gasteiger partial charge in [-0.3, -0.25) is 15.0 Å². The number of nitrogens with two attached hydrogens (primary N) is 1. The van der Waals surface area contributed by atoms with Crippen molar-refractivity contribution in [2.24, 2.45) is 5.73 Å². The Labute approximate surface area is 110 Å². The van der Waals surface area contributed by atoms with E-state index in [0.717, 1.165) is 19.4 Å². The molecule has 0 bridgehead atoms. The summed E-state index contributed by atoms with van der Waals surface area (Å²) in [5.74, 6) is -0.280. The van der Waals surface area contributed by atoms with Crippen LogP contribution in [0, 0.1) is 0 Å². The number of rotatable bonds is 9. The SMILES string of the molecule is CCN(CC(C)(NC1CC1)C(N)=O)C(C)COC. The Morgan fingerprint density at radius 1 is 1.61 bits per heavy atom. The molecule has 0 aromatic heterocycles. The van der Waals surface area contributed by atoms with Crippen LogP contribution in [0.5, 0.6) is 0 Å². The summed E-state index contributed by atoms with van der Waals surface area (Å²) in [6.07, 6.45) is 2.28. The molecule has 0 aliphatic heterocycles. The molecule has 106 valence electrons. The van der Waals surface area contributed by atoms with E-state index in [2.05, 4.69) is 24.1 Å². The fourth-order valence-electron chi connectivity index (χ4n) is 2.20. The summed E-state index contributed by atoms with van der Waals surface area (Å²) < 4.78 is 5.18. The minimum atomic E-state index is -0.654. The second kappa shape index (κ2) is 6.50. The number of nitrogens with one attached hydrogen (secondary N) is 1. The maximum atomic E-state index is 11.7. The van der Waals surface area contributed by atoms with Crippen LogP contribution >= 0.6 is 0 Å². The van der Waals surface area contributed by atoms with E-state index >= 15 is 0 Å². The molecular formula is C13H27N3O2. The van der Waals surface area contributed by atoms with Crippen LogP contribution in [0.4, 0.5) is 0 Å². The predicted octanol–water partition coefficient (Wildman–Crippen LogP) is 0.339. The summed E-state index contributed by atoms with van der Waals surface area (Å²) in [4.78, 5) is 13.9. The Hall–Kier alpha value is -0.650. The van der Waals surface area contributed by atoms with Crippen LogP contribution in [0.15, 0.2) is 0 Å². The highest BCUT2D eigenvalue weighted by atomic mass is 16.5. The number of hydrogen-bond acceptors (Lipinski definition) is 4. The summed E-state index contributed by atoms with van der Waals surface area (Å²) in [5, 5.41) is 3.37. The molecule has 1 aliphatic rings. The zero-order valence-electron chi connectivity index (χ0n) is 12.0. The Morgan fingerprint density at radius 3 is 2.61 bits per heavy atom. The van der Waals surface area contributed by atoms with Crippen LogP contribution < -0.4 is 11.1 Å². The molecule has 1 rings (SSSR count). The molecule has 18 heavy (non-hydrogen) atoms. The predicted molar refractivity (Wildman–Crippen MR) is 72.3 cm³/mol. The van der Waals surface area contributed by atoms with Crippen LogP contribution in [0.3, 0.4) is 0 Å². The Balaban J connectivity index is 2.64. The summed E-state index contributed by atoms with van der Waals surface area (Å²) in [5.41, 5.74) is 4.91. The second-order valence-corrected chi connectivity index (χ2v) is 5.48. The number of hydrogen-bond donors (Lipinski definition) is 2. The maximum Gasteiger partial charge on any atom is 0.238 e. The fraction of sp³-hybridized carbons (Fsp3) is 0.923. The lowest BCUT2D eigenvalue weighted by atomic mass is 9.99. The van der Waals surface area contributed by atoms with Gasteiger partial charge in [0.05, 0.1) is 6.61 Å². The zero-order chi connectivity index (χ0) is 13.8. The van der Waals surface area contributed by atoms with E-state index in [4.69, 9.17) is 10.5 Å². The molecule has 0 aromatic rings. The smallest absolute Gasteiger partial charge is 0.238 e. The van der Waals surface area contributed by atoms with Gasteiger partial charge in [0, 0.05) is 25.7 Å². The number of amides is 1. The van der Waals surface area contributed by atoms with Crippen molar-refractivity contribution in [1.29, 1.82) is 0 Å². The highest BCUT2D eigenvalue weighted by Crippen LogP contribution is 2.23. The van der Waals surface area contributed by atoms with Gasteiger partial charge in [-0.1, -0.05) is 6.92 Å². The van der Waals surface area contributed by atoms with Gasteiger partial charge in [-0.25, -0.2) is 0 Å². The first-order valence-electron chi connectivity index (χ1n) is 6.73. The van der Waals surface area contributed by atoms with Gasteiger partial charge in [-0.05, 0) is 33.2 Å². The molecular weight excluding hydrogens is 230 g/mol. The molecule has 0 heterocycles. The molecule has 1 fully saturated rings. The molecule has 1 saturated carbocycles. The molecule has 5 heteroatoms. The highest BCUT2D eigenvalue weighted by molar-refractivity contribution is 5.84. The third-order valence-corrected chi connectivity index (χ3v) is 3.60.